The average molecular weight is 280 g/mol. The first-order valence-corrected chi connectivity index (χ1v) is 7.09. The quantitative estimate of drug-likeness (QED) is 0.822. The van der Waals surface area contributed by atoms with Gasteiger partial charge >= 0.3 is 0 Å². The van der Waals surface area contributed by atoms with Gasteiger partial charge in [0.25, 0.3) is 5.91 Å². The number of hydrogen-bond donors (Lipinski definition) is 0. The fraction of sp³-hybridized carbons (Fsp3) is 0.769. The third-order valence-corrected chi connectivity index (χ3v) is 3.68. The number of hydroxylamine groups is 2. The van der Waals surface area contributed by atoms with E-state index in [0.29, 0.717) is 25.4 Å². The zero-order valence-electron chi connectivity index (χ0n) is 11.7. The summed E-state index contributed by atoms with van der Waals surface area (Å²) >= 11 is 0. The molecule has 2 aliphatic heterocycles. The fourth-order valence-electron chi connectivity index (χ4n) is 2.47. The third-order valence-electron chi connectivity index (χ3n) is 3.68. The van der Waals surface area contributed by atoms with E-state index in [1.165, 1.54) is 5.06 Å². The van der Waals surface area contributed by atoms with E-state index in [-0.39, 0.29) is 11.3 Å². The van der Waals surface area contributed by atoms with Crippen molar-refractivity contribution < 1.29 is 14.4 Å². The molecule has 0 unspecified atom stereocenters. The van der Waals surface area contributed by atoms with E-state index in [1.807, 2.05) is 0 Å². The first kappa shape index (κ1) is 13.5. The van der Waals surface area contributed by atoms with Gasteiger partial charge in [-0.3, -0.25) is 14.3 Å². The van der Waals surface area contributed by atoms with Gasteiger partial charge in [0.1, 0.15) is 0 Å². The minimum Gasteiger partial charge on any atom is -0.380 e. The van der Waals surface area contributed by atoms with E-state index in [1.54, 1.807) is 10.9 Å². The summed E-state index contributed by atoms with van der Waals surface area (Å²) < 4.78 is 6.93. The summed E-state index contributed by atoms with van der Waals surface area (Å²) in [6, 6.07) is 0. The number of carbonyl (C=O) groups is 1. The number of carbonyl (C=O) groups excluding carboxylic acids is 1. The minimum absolute atomic E-state index is 0.104. The highest BCUT2D eigenvalue weighted by Gasteiger charge is 2.34. The van der Waals surface area contributed by atoms with Crippen molar-refractivity contribution in [3.8, 4) is 0 Å². The van der Waals surface area contributed by atoms with E-state index in [0.717, 1.165) is 32.5 Å². The molecule has 7 heteroatoms. The van der Waals surface area contributed by atoms with Crippen LogP contribution in [-0.2, 0) is 16.1 Å². The SMILES string of the molecule is CC1(Cn2cc(C(=O)N3CCCCCO3)nn2)COC1. The van der Waals surface area contributed by atoms with E-state index in [9.17, 15) is 4.79 Å². The number of hydrogen-bond acceptors (Lipinski definition) is 5. The monoisotopic (exact) mass is 280 g/mol. The lowest BCUT2D eigenvalue weighted by molar-refractivity contribution is -0.116. The predicted molar refractivity (Wildman–Crippen MR) is 69.8 cm³/mol. The van der Waals surface area contributed by atoms with Gasteiger partial charge in [0.2, 0.25) is 0 Å². The maximum atomic E-state index is 12.3. The van der Waals surface area contributed by atoms with Crippen LogP contribution in [0.1, 0.15) is 36.7 Å². The maximum absolute atomic E-state index is 12.3. The van der Waals surface area contributed by atoms with Gasteiger partial charge in [0.05, 0.1) is 32.6 Å². The molecule has 2 saturated heterocycles. The Morgan fingerprint density at radius 3 is 3.00 bits per heavy atom. The Bertz CT molecular complexity index is 476. The molecule has 3 rings (SSSR count). The van der Waals surface area contributed by atoms with Crippen LogP contribution in [0.25, 0.3) is 0 Å². The Labute approximate surface area is 117 Å². The normalized spacial score (nSPS) is 22.1. The highest BCUT2D eigenvalue weighted by molar-refractivity contribution is 5.91. The number of rotatable bonds is 3. The third kappa shape index (κ3) is 2.83. The van der Waals surface area contributed by atoms with Crippen molar-refractivity contribution in [2.24, 2.45) is 5.41 Å². The molecule has 1 aromatic heterocycles. The lowest BCUT2D eigenvalue weighted by Crippen LogP contribution is -2.43. The zero-order chi connectivity index (χ0) is 14.0. The molecule has 7 nitrogen and oxygen atoms in total. The van der Waals surface area contributed by atoms with E-state index in [2.05, 4.69) is 17.2 Å². The molecule has 0 spiro atoms. The molecule has 0 N–H and O–H groups in total. The van der Waals surface area contributed by atoms with Crippen molar-refractivity contribution >= 4 is 5.91 Å². The van der Waals surface area contributed by atoms with Crippen molar-refractivity contribution in [1.29, 1.82) is 0 Å². The van der Waals surface area contributed by atoms with Crippen LogP contribution in [0.2, 0.25) is 0 Å². The summed E-state index contributed by atoms with van der Waals surface area (Å²) in [5.41, 5.74) is 0.448. The minimum atomic E-state index is -0.201. The predicted octanol–water partition coefficient (Wildman–Crippen LogP) is 0.872. The van der Waals surface area contributed by atoms with Gasteiger partial charge in [-0.1, -0.05) is 12.1 Å². The molecule has 0 aliphatic carbocycles. The second-order valence-corrected chi connectivity index (χ2v) is 5.91. The number of ether oxygens (including phenoxy) is 1. The Hall–Kier alpha value is -1.47. The first-order valence-electron chi connectivity index (χ1n) is 7.09. The number of nitrogens with zero attached hydrogens (tertiary/aromatic N) is 4. The van der Waals surface area contributed by atoms with Gasteiger partial charge in [0, 0.05) is 12.0 Å². The van der Waals surface area contributed by atoms with Crippen LogP contribution >= 0.6 is 0 Å². The molecule has 110 valence electrons. The van der Waals surface area contributed by atoms with E-state index in [4.69, 9.17) is 9.57 Å². The van der Waals surface area contributed by atoms with Crippen LogP contribution in [0.3, 0.4) is 0 Å². The molecule has 0 bridgehead atoms. The summed E-state index contributed by atoms with van der Waals surface area (Å²) in [4.78, 5) is 17.7. The molecule has 1 aromatic rings. The summed E-state index contributed by atoms with van der Waals surface area (Å²) in [6.45, 7) is 5.52. The largest absolute Gasteiger partial charge is 0.380 e. The van der Waals surface area contributed by atoms with Crippen molar-refractivity contribution in [3.05, 3.63) is 11.9 Å². The highest BCUT2D eigenvalue weighted by Crippen LogP contribution is 2.28. The van der Waals surface area contributed by atoms with Crippen LogP contribution in [-0.4, -0.2) is 52.3 Å². The van der Waals surface area contributed by atoms with Crippen LogP contribution in [0.4, 0.5) is 0 Å². The summed E-state index contributed by atoms with van der Waals surface area (Å²) in [5.74, 6) is -0.201. The lowest BCUT2D eigenvalue weighted by Gasteiger charge is -2.37. The molecule has 20 heavy (non-hydrogen) atoms. The Morgan fingerprint density at radius 2 is 2.25 bits per heavy atom. The second-order valence-electron chi connectivity index (χ2n) is 5.91. The average Bonchev–Trinajstić information content (AvgIpc) is 2.70. The second kappa shape index (κ2) is 5.49. The Morgan fingerprint density at radius 1 is 1.40 bits per heavy atom. The maximum Gasteiger partial charge on any atom is 0.299 e. The van der Waals surface area contributed by atoms with Gasteiger partial charge < -0.3 is 4.74 Å². The van der Waals surface area contributed by atoms with E-state index >= 15 is 0 Å². The molecule has 1 amide bonds. The molecule has 3 heterocycles. The standard InChI is InChI=1S/C13H20N4O3/c1-13(9-19-10-13)8-16-7-11(14-15-16)12(18)17-5-3-2-4-6-20-17/h7H,2-6,8-10H2,1H3. The molecule has 0 atom stereocenters. The smallest absolute Gasteiger partial charge is 0.299 e. The van der Waals surface area contributed by atoms with Gasteiger partial charge in [-0.15, -0.1) is 5.10 Å². The fourth-order valence-corrected chi connectivity index (χ4v) is 2.47. The molecule has 0 saturated carbocycles. The Balaban J connectivity index is 1.64. The molecule has 2 fully saturated rings. The zero-order valence-corrected chi connectivity index (χ0v) is 11.7. The van der Waals surface area contributed by atoms with Crippen LogP contribution in [0.5, 0.6) is 0 Å². The topological polar surface area (TPSA) is 69.5 Å². The summed E-state index contributed by atoms with van der Waals surface area (Å²) in [5, 5.41) is 9.41. The van der Waals surface area contributed by atoms with Crippen molar-refractivity contribution in [2.75, 3.05) is 26.4 Å². The van der Waals surface area contributed by atoms with Crippen molar-refractivity contribution in [2.45, 2.75) is 32.7 Å². The van der Waals surface area contributed by atoms with Gasteiger partial charge in [-0.2, -0.15) is 0 Å². The number of amides is 1. The Kier molecular flexibility index (Phi) is 3.71. The molecule has 2 aliphatic rings. The van der Waals surface area contributed by atoms with Crippen LogP contribution in [0, 0.1) is 5.41 Å². The number of aromatic nitrogens is 3. The van der Waals surface area contributed by atoms with Gasteiger partial charge in [-0.05, 0) is 19.3 Å². The highest BCUT2D eigenvalue weighted by atomic mass is 16.7. The summed E-state index contributed by atoms with van der Waals surface area (Å²) in [7, 11) is 0. The molecule has 0 aromatic carbocycles. The van der Waals surface area contributed by atoms with Crippen molar-refractivity contribution in [3.63, 3.8) is 0 Å². The molecular weight excluding hydrogens is 260 g/mol. The van der Waals surface area contributed by atoms with Gasteiger partial charge in [-0.25, -0.2) is 5.06 Å². The first-order chi connectivity index (χ1) is 9.66. The summed E-state index contributed by atoms with van der Waals surface area (Å²) in [6.07, 6.45) is 4.75. The molecule has 0 radical (unpaired) electrons. The van der Waals surface area contributed by atoms with E-state index < -0.39 is 0 Å². The molecular formula is C13H20N4O3. The lowest BCUT2D eigenvalue weighted by atomic mass is 9.89. The van der Waals surface area contributed by atoms with Crippen LogP contribution in [0.15, 0.2) is 6.20 Å². The van der Waals surface area contributed by atoms with Crippen molar-refractivity contribution in [1.82, 2.24) is 20.1 Å². The van der Waals surface area contributed by atoms with Crippen LogP contribution < -0.4 is 0 Å². The van der Waals surface area contributed by atoms with Gasteiger partial charge in [0.15, 0.2) is 5.69 Å².